The Labute approximate surface area is 105 Å². The number of carbonyl (C=O) groups is 1. The van der Waals surface area contributed by atoms with Gasteiger partial charge in [0, 0.05) is 11.1 Å². The first kappa shape index (κ1) is 11.8. The van der Waals surface area contributed by atoms with E-state index in [0.717, 1.165) is 16.2 Å². The van der Waals surface area contributed by atoms with Crippen molar-refractivity contribution in [3.8, 4) is 0 Å². The van der Waals surface area contributed by atoms with E-state index in [0.29, 0.717) is 5.02 Å². The number of aromatic carboxylic acids is 1. The molecule has 0 aliphatic rings. The van der Waals surface area contributed by atoms with Crippen LogP contribution in [0.1, 0.15) is 14.5 Å². The maximum atomic E-state index is 11.4. The van der Waals surface area contributed by atoms with Crippen LogP contribution >= 0.6 is 22.9 Å². The summed E-state index contributed by atoms with van der Waals surface area (Å²) in [5, 5.41) is 9.13. The molecule has 0 fully saturated rings. The molecule has 7 heteroatoms. The van der Waals surface area contributed by atoms with Crippen LogP contribution in [0.25, 0.3) is 0 Å². The van der Waals surface area contributed by atoms with Crippen LogP contribution < -0.4 is 5.69 Å². The molecule has 0 saturated carbocycles. The number of aromatic nitrogens is 2. The lowest BCUT2D eigenvalue weighted by Gasteiger charge is -2.02. The van der Waals surface area contributed by atoms with Crippen molar-refractivity contribution in [1.82, 2.24) is 9.55 Å². The molecule has 0 radical (unpaired) electrons. The van der Waals surface area contributed by atoms with E-state index in [4.69, 9.17) is 16.7 Å². The zero-order chi connectivity index (χ0) is 12.4. The van der Waals surface area contributed by atoms with Gasteiger partial charge in [-0.15, -0.1) is 11.3 Å². The number of halogens is 1. The summed E-state index contributed by atoms with van der Waals surface area (Å²) in [6, 6.07) is 3.17. The molecule has 0 amide bonds. The molecule has 2 aromatic heterocycles. The number of carboxylic acids is 1. The average Bonchev–Trinajstić information content (AvgIpc) is 2.72. The van der Waals surface area contributed by atoms with E-state index in [-0.39, 0.29) is 11.4 Å². The van der Waals surface area contributed by atoms with Crippen molar-refractivity contribution in [2.45, 2.75) is 6.54 Å². The summed E-state index contributed by atoms with van der Waals surface area (Å²) in [5.41, 5.74) is -0.417. The van der Waals surface area contributed by atoms with Crippen molar-refractivity contribution in [3.05, 3.63) is 49.8 Å². The van der Waals surface area contributed by atoms with Crippen molar-refractivity contribution >= 4 is 28.9 Å². The third kappa shape index (κ3) is 2.72. The Morgan fingerprint density at radius 1 is 1.53 bits per heavy atom. The Balaban J connectivity index is 2.28. The predicted octanol–water partition coefficient (Wildman–Crippen LogP) is 1.70. The molecule has 88 valence electrons. The summed E-state index contributed by atoms with van der Waals surface area (Å²) in [7, 11) is 0. The van der Waals surface area contributed by atoms with Gasteiger partial charge in [-0.3, -0.25) is 4.57 Å². The van der Waals surface area contributed by atoms with Gasteiger partial charge in [0.2, 0.25) is 0 Å². The van der Waals surface area contributed by atoms with Crippen LogP contribution in [-0.2, 0) is 6.54 Å². The van der Waals surface area contributed by atoms with Gasteiger partial charge in [-0.2, -0.15) is 0 Å². The van der Waals surface area contributed by atoms with Crippen molar-refractivity contribution in [3.63, 3.8) is 0 Å². The fourth-order valence-corrected chi connectivity index (χ4v) is 2.30. The minimum absolute atomic E-state index is 0.239. The van der Waals surface area contributed by atoms with Gasteiger partial charge >= 0.3 is 11.7 Å². The smallest absolute Gasteiger partial charge is 0.347 e. The summed E-state index contributed by atoms with van der Waals surface area (Å²) in [6.45, 7) is 0.268. The summed E-state index contributed by atoms with van der Waals surface area (Å²) < 4.78 is 1.33. The second kappa shape index (κ2) is 4.68. The molecule has 0 unspecified atom stereocenters. The molecule has 5 nitrogen and oxygen atoms in total. The Hall–Kier alpha value is -1.66. The maximum Gasteiger partial charge on any atom is 0.347 e. The molecule has 17 heavy (non-hydrogen) atoms. The normalized spacial score (nSPS) is 10.4. The first-order valence-corrected chi connectivity index (χ1v) is 5.79. The highest BCUT2D eigenvalue weighted by Gasteiger charge is 2.08. The summed E-state index contributed by atoms with van der Waals surface area (Å²) in [5.74, 6) is -0.974. The molecule has 0 atom stereocenters. The number of rotatable bonds is 3. The molecule has 0 aliphatic heterocycles. The summed E-state index contributed by atoms with van der Waals surface area (Å²) in [6.07, 6.45) is 2.74. The minimum atomic E-state index is -0.974. The standard InChI is InChI=1S/C10H7ClN2O3S/c11-6-3-12-10(16)13(4-6)5-7-1-2-8(17-7)9(14)15/h1-4H,5H2,(H,14,15). The van der Waals surface area contributed by atoms with E-state index in [9.17, 15) is 9.59 Å². The number of nitrogens with zero attached hydrogens (tertiary/aromatic N) is 2. The summed E-state index contributed by atoms with van der Waals surface area (Å²) in [4.78, 5) is 26.7. The van der Waals surface area contributed by atoms with Gasteiger partial charge in [-0.1, -0.05) is 11.6 Å². The van der Waals surface area contributed by atoms with E-state index in [1.807, 2.05) is 0 Å². The van der Waals surface area contributed by atoms with E-state index in [1.165, 1.54) is 23.0 Å². The van der Waals surface area contributed by atoms with Crippen LogP contribution in [0.5, 0.6) is 0 Å². The quantitative estimate of drug-likeness (QED) is 0.921. The largest absolute Gasteiger partial charge is 0.477 e. The second-order valence-electron chi connectivity index (χ2n) is 3.25. The molecule has 0 bridgehead atoms. The van der Waals surface area contributed by atoms with E-state index >= 15 is 0 Å². The lowest BCUT2D eigenvalue weighted by atomic mass is 10.4. The molecule has 2 heterocycles. The molecule has 0 aromatic carbocycles. The van der Waals surface area contributed by atoms with Gasteiger partial charge in [0.05, 0.1) is 17.8 Å². The molecule has 0 aliphatic carbocycles. The highest BCUT2D eigenvalue weighted by atomic mass is 35.5. The minimum Gasteiger partial charge on any atom is -0.477 e. The Bertz CT molecular complexity index is 620. The maximum absolute atomic E-state index is 11.4. The van der Waals surface area contributed by atoms with Crippen molar-refractivity contribution < 1.29 is 9.90 Å². The molecular weight excluding hydrogens is 264 g/mol. The molecular formula is C10H7ClN2O3S. The van der Waals surface area contributed by atoms with E-state index in [2.05, 4.69) is 4.98 Å². The van der Waals surface area contributed by atoms with Crippen LogP contribution in [0.4, 0.5) is 0 Å². The molecule has 2 rings (SSSR count). The zero-order valence-electron chi connectivity index (χ0n) is 8.46. The first-order chi connectivity index (χ1) is 8.06. The topological polar surface area (TPSA) is 72.2 Å². The third-order valence-corrected chi connectivity index (χ3v) is 3.27. The predicted molar refractivity (Wildman–Crippen MR) is 63.9 cm³/mol. The highest BCUT2D eigenvalue weighted by Crippen LogP contribution is 2.17. The molecule has 0 saturated heterocycles. The fourth-order valence-electron chi connectivity index (χ4n) is 1.29. The molecule has 1 N–H and O–H groups in total. The van der Waals surface area contributed by atoms with Crippen LogP contribution in [0.3, 0.4) is 0 Å². The number of thiophene rings is 1. The van der Waals surface area contributed by atoms with Gasteiger partial charge in [-0.05, 0) is 12.1 Å². The van der Waals surface area contributed by atoms with Crippen LogP contribution in [0.15, 0.2) is 29.3 Å². The van der Waals surface area contributed by atoms with E-state index < -0.39 is 11.7 Å². The van der Waals surface area contributed by atoms with Gasteiger partial charge in [0.1, 0.15) is 4.88 Å². The number of hydrogen-bond acceptors (Lipinski definition) is 4. The lowest BCUT2D eigenvalue weighted by molar-refractivity contribution is 0.0702. The van der Waals surface area contributed by atoms with Crippen LogP contribution in [0.2, 0.25) is 5.02 Å². The average molecular weight is 271 g/mol. The van der Waals surface area contributed by atoms with Crippen LogP contribution in [0, 0.1) is 0 Å². The molecule has 2 aromatic rings. The Morgan fingerprint density at radius 2 is 2.29 bits per heavy atom. The van der Waals surface area contributed by atoms with Crippen molar-refractivity contribution in [2.75, 3.05) is 0 Å². The monoisotopic (exact) mass is 270 g/mol. The number of carboxylic acid groups (broad SMARTS) is 1. The first-order valence-electron chi connectivity index (χ1n) is 4.60. The van der Waals surface area contributed by atoms with Gasteiger partial charge in [0.15, 0.2) is 0 Å². The lowest BCUT2D eigenvalue weighted by Crippen LogP contribution is -2.21. The van der Waals surface area contributed by atoms with E-state index in [1.54, 1.807) is 6.07 Å². The van der Waals surface area contributed by atoms with Crippen molar-refractivity contribution in [1.29, 1.82) is 0 Å². The SMILES string of the molecule is O=C(O)c1ccc(Cn2cc(Cl)cnc2=O)s1. The van der Waals surface area contributed by atoms with Crippen molar-refractivity contribution in [2.24, 2.45) is 0 Å². The Kier molecular flexibility index (Phi) is 3.26. The molecule has 0 spiro atoms. The second-order valence-corrected chi connectivity index (χ2v) is 4.86. The highest BCUT2D eigenvalue weighted by molar-refractivity contribution is 7.13. The van der Waals surface area contributed by atoms with Gasteiger partial charge in [-0.25, -0.2) is 14.6 Å². The Morgan fingerprint density at radius 3 is 2.94 bits per heavy atom. The van der Waals surface area contributed by atoms with Crippen LogP contribution in [-0.4, -0.2) is 20.6 Å². The van der Waals surface area contributed by atoms with Gasteiger partial charge < -0.3 is 5.11 Å². The summed E-state index contributed by atoms with van der Waals surface area (Å²) >= 11 is 6.85. The fraction of sp³-hybridized carbons (Fsp3) is 0.100. The zero-order valence-corrected chi connectivity index (χ0v) is 10.0. The van der Waals surface area contributed by atoms with Gasteiger partial charge in [0.25, 0.3) is 0 Å². The number of hydrogen-bond donors (Lipinski definition) is 1. The third-order valence-electron chi connectivity index (χ3n) is 2.02.